The van der Waals surface area contributed by atoms with Crippen molar-refractivity contribution in [3.05, 3.63) is 70.6 Å². The Labute approximate surface area is 149 Å². The van der Waals surface area contributed by atoms with Crippen molar-refractivity contribution >= 4 is 33.3 Å². The van der Waals surface area contributed by atoms with Crippen LogP contribution in [0.4, 0.5) is 10.1 Å². The zero-order valence-electron chi connectivity index (χ0n) is 13.1. The van der Waals surface area contributed by atoms with Gasteiger partial charge >= 0.3 is 5.97 Å². The molecule has 1 aromatic carbocycles. The van der Waals surface area contributed by atoms with E-state index >= 15 is 0 Å². The zero-order valence-corrected chi connectivity index (χ0v) is 14.7. The average molecular weight is 385 g/mol. The second-order valence-corrected chi connectivity index (χ2v) is 7.06. The van der Waals surface area contributed by atoms with Gasteiger partial charge in [-0.3, -0.25) is 9.29 Å². The molecule has 0 aliphatic heterocycles. The summed E-state index contributed by atoms with van der Waals surface area (Å²) in [6, 6.07) is 6.50. The van der Waals surface area contributed by atoms with Crippen molar-refractivity contribution < 1.29 is 22.3 Å². The van der Waals surface area contributed by atoms with E-state index in [0.717, 1.165) is 15.8 Å². The predicted molar refractivity (Wildman–Crippen MR) is 92.3 cm³/mol. The largest absolute Gasteiger partial charge is 0.465 e. The van der Waals surface area contributed by atoms with Crippen molar-refractivity contribution in [3.63, 3.8) is 0 Å². The number of aromatic nitrogens is 1. The highest BCUT2D eigenvalue weighted by Gasteiger charge is 2.21. The number of pyridine rings is 1. The lowest BCUT2D eigenvalue weighted by Crippen LogP contribution is -2.29. The summed E-state index contributed by atoms with van der Waals surface area (Å²) in [6.45, 7) is 3.14. The Morgan fingerprint density at radius 3 is 2.64 bits per heavy atom. The molecule has 1 aromatic heterocycles. The molecule has 0 bridgehead atoms. The van der Waals surface area contributed by atoms with E-state index in [4.69, 9.17) is 11.6 Å². The van der Waals surface area contributed by atoms with Gasteiger partial charge in [-0.05, 0) is 30.3 Å². The Morgan fingerprint density at radius 2 is 2.12 bits per heavy atom. The molecule has 0 aliphatic carbocycles. The van der Waals surface area contributed by atoms with Gasteiger partial charge in [0.15, 0.2) is 0 Å². The van der Waals surface area contributed by atoms with Gasteiger partial charge in [-0.1, -0.05) is 18.2 Å². The Hall–Kier alpha value is -2.45. The van der Waals surface area contributed by atoms with Gasteiger partial charge in [0.25, 0.3) is 10.0 Å². The van der Waals surface area contributed by atoms with Gasteiger partial charge in [-0.2, -0.15) is 0 Å². The number of nitrogens with zero attached hydrogens (tertiary/aromatic N) is 2. The lowest BCUT2D eigenvalue weighted by Gasteiger charge is -2.22. The summed E-state index contributed by atoms with van der Waals surface area (Å²) in [7, 11) is -2.64. The Bertz CT molecular complexity index is 901. The monoisotopic (exact) mass is 384 g/mol. The van der Waals surface area contributed by atoms with Gasteiger partial charge in [-0.15, -0.1) is 0 Å². The molecular formula is C16H14ClFN2O4S. The minimum absolute atomic E-state index is 0.155. The normalized spacial score (nSPS) is 11.0. The van der Waals surface area contributed by atoms with Gasteiger partial charge in [0.05, 0.1) is 35.6 Å². The summed E-state index contributed by atoms with van der Waals surface area (Å²) in [4.78, 5) is 15.5. The molecule has 0 spiro atoms. The number of anilines is 1. The van der Waals surface area contributed by atoms with E-state index < -0.39 is 21.8 Å². The highest BCUT2D eigenvalue weighted by Crippen LogP contribution is 2.26. The molecular weight excluding hydrogens is 371 g/mol. The number of carbonyl (C=O) groups is 1. The first kappa shape index (κ1) is 18.9. The molecule has 0 radical (unpaired) electrons. The van der Waals surface area contributed by atoms with E-state index in [9.17, 15) is 17.6 Å². The third kappa shape index (κ3) is 4.34. The smallest absolute Gasteiger partial charge is 0.339 e. The molecule has 132 valence electrons. The molecule has 0 amide bonds. The number of hydrogen-bond acceptors (Lipinski definition) is 5. The summed E-state index contributed by atoms with van der Waals surface area (Å²) in [5.74, 6) is -1.22. The fraction of sp³-hybridized carbons (Fsp3) is 0.125. The van der Waals surface area contributed by atoms with Crippen LogP contribution in [0.25, 0.3) is 0 Å². The van der Waals surface area contributed by atoms with E-state index in [2.05, 4.69) is 16.3 Å². The number of ether oxygens (including phenoxy) is 1. The molecule has 0 saturated carbocycles. The van der Waals surface area contributed by atoms with Crippen molar-refractivity contribution in [2.75, 3.05) is 11.4 Å². The number of halogens is 2. The predicted octanol–water partition coefficient (Wildman–Crippen LogP) is 3.14. The second kappa shape index (κ2) is 7.62. The van der Waals surface area contributed by atoms with Crippen molar-refractivity contribution in [3.8, 4) is 0 Å². The maximum atomic E-state index is 13.3. The maximum absolute atomic E-state index is 13.3. The number of esters is 1. The van der Waals surface area contributed by atoms with E-state index in [1.165, 1.54) is 37.6 Å². The van der Waals surface area contributed by atoms with Crippen LogP contribution >= 0.6 is 11.6 Å². The standard InChI is InChI=1S/C16H14ClFN2O4S/c1-3-25(22,23)20(13-6-7-15(18)14(17)8-13)10-12-5-4-11(9-19-12)16(21)24-2/h3-9H,1,10H2,2H3. The summed E-state index contributed by atoms with van der Waals surface area (Å²) < 4.78 is 43.5. The van der Waals surface area contributed by atoms with Gasteiger partial charge in [0.1, 0.15) is 5.82 Å². The number of hydrogen-bond donors (Lipinski definition) is 0. The van der Waals surface area contributed by atoms with E-state index in [1.54, 1.807) is 0 Å². The van der Waals surface area contributed by atoms with E-state index in [-0.39, 0.29) is 22.8 Å². The summed E-state index contributed by atoms with van der Waals surface area (Å²) in [5.41, 5.74) is 0.748. The van der Waals surface area contributed by atoms with Gasteiger partial charge < -0.3 is 4.74 Å². The van der Waals surface area contributed by atoms with Crippen molar-refractivity contribution in [2.45, 2.75) is 6.54 Å². The molecule has 0 N–H and O–H groups in total. The highest BCUT2D eigenvalue weighted by atomic mass is 35.5. The topological polar surface area (TPSA) is 76.6 Å². The second-order valence-electron chi connectivity index (χ2n) is 4.85. The fourth-order valence-corrected chi connectivity index (χ4v) is 3.04. The quantitative estimate of drug-likeness (QED) is 0.715. The molecule has 25 heavy (non-hydrogen) atoms. The van der Waals surface area contributed by atoms with Crippen LogP contribution in [-0.2, 0) is 21.3 Å². The van der Waals surface area contributed by atoms with Crippen LogP contribution in [0.2, 0.25) is 5.02 Å². The molecule has 0 aliphatic rings. The van der Waals surface area contributed by atoms with Gasteiger partial charge in [0.2, 0.25) is 0 Å². The van der Waals surface area contributed by atoms with Crippen LogP contribution in [0.1, 0.15) is 16.1 Å². The number of sulfonamides is 1. The number of carbonyl (C=O) groups excluding carboxylic acids is 1. The number of rotatable bonds is 6. The van der Waals surface area contributed by atoms with Crippen LogP contribution in [0, 0.1) is 5.82 Å². The lowest BCUT2D eigenvalue weighted by molar-refractivity contribution is 0.0600. The van der Waals surface area contributed by atoms with E-state index in [1.807, 2.05) is 0 Å². The molecule has 9 heteroatoms. The third-order valence-electron chi connectivity index (χ3n) is 3.26. The van der Waals surface area contributed by atoms with Crippen LogP contribution < -0.4 is 4.31 Å². The molecule has 2 rings (SSSR count). The van der Waals surface area contributed by atoms with Crippen LogP contribution in [0.5, 0.6) is 0 Å². The average Bonchev–Trinajstić information content (AvgIpc) is 2.61. The lowest BCUT2D eigenvalue weighted by atomic mass is 10.2. The number of benzene rings is 1. The van der Waals surface area contributed by atoms with Gasteiger partial charge in [-0.25, -0.2) is 17.6 Å². The molecule has 0 fully saturated rings. The minimum Gasteiger partial charge on any atom is -0.465 e. The minimum atomic E-state index is -3.89. The highest BCUT2D eigenvalue weighted by molar-refractivity contribution is 7.95. The molecule has 0 saturated heterocycles. The van der Waals surface area contributed by atoms with Crippen LogP contribution in [0.15, 0.2) is 48.5 Å². The summed E-state index contributed by atoms with van der Waals surface area (Å²) in [6.07, 6.45) is 1.28. The zero-order chi connectivity index (χ0) is 18.6. The Kier molecular flexibility index (Phi) is 5.76. The third-order valence-corrected chi connectivity index (χ3v) is 4.93. The maximum Gasteiger partial charge on any atom is 0.339 e. The molecule has 0 unspecified atom stereocenters. The SMILES string of the molecule is C=CS(=O)(=O)N(Cc1ccc(C(=O)OC)cn1)c1ccc(F)c(Cl)c1. The first-order valence-corrected chi connectivity index (χ1v) is 8.80. The molecule has 6 nitrogen and oxygen atoms in total. The first-order chi connectivity index (χ1) is 11.8. The van der Waals surface area contributed by atoms with Crippen molar-refractivity contribution in [2.24, 2.45) is 0 Å². The molecule has 2 aromatic rings. The molecule has 1 heterocycles. The first-order valence-electron chi connectivity index (χ1n) is 6.92. The Morgan fingerprint density at radius 1 is 1.40 bits per heavy atom. The fourth-order valence-electron chi connectivity index (χ4n) is 1.96. The summed E-state index contributed by atoms with van der Waals surface area (Å²) in [5, 5.41) is 0.559. The Balaban J connectivity index is 2.39. The van der Waals surface area contributed by atoms with Crippen LogP contribution in [-0.4, -0.2) is 26.5 Å². The summed E-state index contributed by atoms with van der Waals surface area (Å²) >= 11 is 5.74. The van der Waals surface area contributed by atoms with Crippen molar-refractivity contribution in [1.82, 2.24) is 4.98 Å². The van der Waals surface area contributed by atoms with E-state index in [0.29, 0.717) is 5.69 Å². The number of methoxy groups -OCH3 is 1. The van der Waals surface area contributed by atoms with Crippen LogP contribution in [0.3, 0.4) is 0 Å². The van der Waals surface area contributed by atoms with Gasteiger partial charge in [0, 0.05) is 11.6 Å². The molecule has 0 atom stereocenters. The van der Waals surface area contributed by atoms with Crippen molar-refractivity contribution in [1.29, 1.82) is 0 Å².